The smallest absolute Gasteiger partial charge is 0.303 e. The number of nitrogens with zero attached hydrogens (tertiary/aromatic N) is 3. The molecule has 0 radical (unpaired) electrons. The van der Waals surface area contributed by atoms with Crippen LogP contribution in [0, 0.1) is 11.8 Å². The van der Waals surface area contributed by atoms with Crippen LogP contribution < -0.4 is 4.74 Å². The Morgan fingerprint density at radius 1 is 1.13 bits per heavy atom. The minimum absolute atomic E-state index is 0.0113. The van der Waals surface area contributed by atoms with Gasteiger partial charge in [-0.15, -0.1) is 0 Å². The lowest BCUT2D eigenvalue weighted by Gasteiger charge is -2.38. The fourth-order valence-corrected chi connectivity index (χ4v) is 4.52. The molecular formula is C24H27N3O4. The maximum absolute atomic E-state index is 13.1. The number of aliphatic carboxylic acids is 1. The lowest BCUT2D eigenvalue weighted by molar-refractivity contribution is -0.139. The molecule has 4 rings (SSSR count). The van der Waals surface area contributed by atoms with Crippen molar-refractivity contribution in [3.8, 4) is 5.75 Å². The number of rotatable bonds is 6. The number of amides is 1. The van der Waals surface area contributed by atoms with E-state index < -0.39 is 5.97 Å². The summed E-state index contributed by atoms with van der Waals surface area (Å²) in [5.74, 6) is 0.831. The topological polar surface area (TPSA) is 84.7 Å². The molecule has 0 bridgehead atoms. The van der Waals surface area contributed by atoms with Crippen molar-refractivity contribution < 1.29 is 19.4 Å². The van der Waals surface area contributed by atoms with Gasteiger partial charge in [-0.25, -0.2) is 4.98 Å². The second kappa shape index (κ2) is 8.79. The Bertz CT molecular complexity index is 1090. The summed E-state index contributed by atoms with van der Waals surface area (Å²) < 4.78 is 7.24. The fraction of sp³-hybridized carbons (Fsp3) is 0.375. The van der Waals surface area contributed by atoms with Gasteiger partial charge in [0.15, 0.2) is 0 Å². The van der Waals surface area contributed by atoms with Gasteiger partial charge in [0.05, 0.1) is 18.1 Å². The van der Waals surface area contributed by atoms with Crippen LogP contribution in [0.25, 0.3) is 11.0 Å². The van der Waals surface area contributed by atoms with Crippen molar-refractivity contribution in [3.63, 3.8) is 0 Å². The number of piperidine rings is 1. The average Bonchev–Trinajstić information content (AvgIpc) is 3.09. The summed E-state index contributed by atoms with van der Waals surface area (Å²) in [6, 6.07) is 15.0. The van der Waals surface area contributed by atoms with E-state index in [9.17, 15) is 14.7 Å². The largest absolute Gasteiger partial charge is 0.497 e. The number of likely N-dealkylation sites (tertiary alicyclic amines) is 1. The molecule has 1 aliphatic heterocycles. The van der Waals surface area contributed by atoms with Crippen LogP contribution in [0.15, 0.2) is 48.5 Å². The second-order valence-corrected chi connectivity index (χ2v) is 8.17. The van der Waals surface area contributed by atoms with Gasteiger partial charge in [-0.1, -0.05) is 12.1 Å². The van der Waals surface area contributed by atoms with Crippen LogP contribution in [-0.4, -0.2) is 51.6 Å². The molecule has 162 valence electrons. The lowest BCUT2D eigenvalue weighted by Crippen LogP contribution is -2.45. The number of hydrogen-bond donors (Lipinski definition) is 1. The van der Waals surface area contributed by atoms with Crippen LogP contribution >= 0.6 is 0 Å². The lowest BCUT2D eigenvalue weighted by atomic mass is 9.80. The molecule has 3 aromatic rings. The molecule has 0 spiro atoms. The number of para-hydroxylation sites is 2. The number of methoxy groups -OCH3 is 1. The van der Waals surface area contributed by atoms with Crippen LogP contribution in [-0.2, 0) is 18.3 Å². The highest BCUT2D eigenvalue weighted by atomic mass is 16.5. The van der Waals surface area contributed by atoms with Crippen molar-refractivity contribution in [1.29, 1.82) is 0 Å². The minimum Gasteiger partial charge on any atom is -0.497 e. The van der Waals surface area contributed by atoms with Crippen molar-refractivity contribution in [2.45, 2.75) is 19.3 Å². The van der Waals surface area contributed by atoms with Crippen molar-refractivity contribution in [2.75, 3.05) is 20.2 Å². The van der Waals surface area contributed by atoms with E-state index in [0.717, 1.165) is 16.9 Å². The van der Waals surface area contributed by atoms with Gasteiger partial charge >= 0.3 is 5.97 Å². The molecule has 7 heteroatoms. The number of carbonyl (C=O) groups excluding carboxylic acids is 1. The van der Waals surface area contributed by atoms with Gasteiger partial charge < -0.3 is 19.3 Å². The second-order valence-electron chi connectivity index (χ2n) is 8.17. The van der Waals surface area contributed by atoms with E-state index in [1.165, 1.54) is 0 Å². The highest BCUT2D eigenvalue weighted by Gasteiger charge is 2.34. The van der Waals surface area contributed by atoms with Crippen LogP contribution in [0.2, 0.25) is 0 Å². The zero-order chi connectivity index (χ0) is 22.0. The first-order valence-electron chi connectivity index (χ1n) is 10.5. The predicted molar refractivity (Wildman–Crippen MR) is 117 cm³/mol. The normalized spacial score (nSPS) is 18.8. The summed E-state index contributed by atoms with van der Waals surface area (Å²) in [4.78, 5) is 31.1. The van der Waals surface area contributed by atoms with Gasteiger partial charge in [-0.2, -0.15) is 0 Å². The van der Waals surface area contributed by atoms with Gasteiger partial charge in [0.1, 0.15) is 11.6 Å². The van der Waals surface area contributed by atoms with E-state index in [-0.39, 0.29) is 24.2 Å². The summed E-state index contributed by atoms with van der Waals surface area (Å²) in [6.45, 7) is 1.08. The predicted octanol–water partition coefficient (Wildman–Crippen LogP) is 3.38. The van der Waals surface area contributed by atoms with E-state index in [0.29, 0.717) is 37.2 Å². The van der Waals surface area contributed by atoms with Crippen molar-refractivity contribution in [2.24, 2.45) is 18.9 Å². The summed E-state index contributed by atoms with van der Waals surface area (Å²) in [5.41, 5.74) is 2.59. The molecule has 31 heavy (non-hydrogen) atoms. The van der Waals surface area contributed by atoms with Gasteiger partial charge in [-0.05, 0) is 54.7 Å². The number of carboxylic acid groups (broad SMARTS) is 1. The third kappa shape index (κ3) is 4.40. The number of carboxylic acids is 1. The summed E-state index contributed by atoms with van der Waals surface area (Å²) >= 11 is 0. The number of benzene rings is 2. The molecule has 0 saturated carbocycles. The quantitative estimate of drug-likeness (QED) is 0.660. The average molecular weight is 421 g/mol. The molecule has 1 aliphatic rings. The van der Waals surface area contributed by atoms with E-state index in [1.54, 1.807) is 31.4 Å². The van der Waals surface area contributed by atoms with E-state index in [2.05, 4.69) is 4.57 Å². The maximum Gasteiger partial charge on any atom is 0.303 e. The molecule has 7 nitrogen and oxygen atoms in total. The Morgan fingerprint density at radius 3 is 2.55 bits per heavy atom. The number of ether oxygens (including phenoxy) is 1. The number of hydrogen-bond acceptors (Lipinski definition) is 4. The number of aromatic nitrogens is 2. The monoisotopic (exact) mass is 421 g/mol. The highest BCUT2D eigenvalue weighted by Crippen LogP contribution is 2.31. The van der Waals surface area contributed by atoms with Gasteiger partial charge in [0.25, 0.3) is 5.91 Å². The maximum atomic E-state index is 13.1. The zero-order valence-electron chi connectivity index (χ0n) is 17.8. The molecule has 2 aromatic carbocycles. The summed E-state index contributed by atoms with van der Waals surface area (Å²) in [7, 11) is 3.58. The third-order valence-corrected chi connectivity index (χ3v) is 6.28. The Labute approximate surface area is 181 Å². The minimum atomic E-state index is -0.796. The number of fused-ring (bicyclic) bond motifs is 1. The Morgan fingerprint density at radius 2 is 1.87 bits per heavy atom. The third-order valence-electron chi connectivity index (χ3n) is 6.28. The zero-order valence-corrected chi connectivity index (χ0v) is 17.8. The standard InChI is InChI=1S/C24H27N3O4/c1-26-21-6-4-3-5-20(21)25-22(26)13-18-15-27(12-11-17(18)14-23(28)29)24(30)16-7-9-19(31-2)10-8-16/h3-10,17-18H,11-15H2,1-2H3,(H,28,29)/t17-,18-/m0/s1. The van der Waals surface area contributed by atoms with Crippen LogP contribution in [0.3, 0.4) is 0 Å². The molecule has 1 saturated heterocycles. The van der Waals surface area contributed by atoms with E-state index in [4.69, 9.17) is 9.72 Å². The van der Waals surface area contributed by atoms with E-state index in [1.807, 2.05) is 36.2 Å². The van der Waals surface area contributed by atoms with Gasteiger partial charge in [0, 0.05) is 38.5 Å². The van der Waals surface area contributed by atoms with Gasteiger partial charge in [0.2, 0.25) is 0 Å². The molecule has 2 heterocycles. The summed E-state index contributed by atoms with van der Waals surface area (Å²) in [5, 5.41) is 9.41. The van der Waals surface area contributed by atoms with E-state index >= 15 is 0 Å². The molecule has 1 amide bonds. The Balaban J connectivity index is 1.56. The van der Waals surface area contributed by atoms with Crippen molar-refractivity contribution in [3.05, 3.63) is 59.9 Å². The highest BCUT2D eigenvalue weighted by molar-refractivity contribution is 5.94. The first-order chi connectivity index (χ1) is 15.0. The van der Waals surface area contributed by atoms with Crippen LogP contribution in [0.5, 0.6) is 5.75 Å². The molecule has 1 fully saturated rings. The molecule has 1 aromatic heterocycles. The fourth-order valence-electron chi connectivity index (χ4n) is 4.52. The van der Waals surface area contributed by atoms with Crippen molar-refractivity contribution in [1.82, 2.24) is 14.5 Å². The molecule has 2 atom stereocenters. The van der Waals surface area contributed by atoms with Crippen molar-refractivity contribution >= 4 is 22.9 Å². The number of carbonyl (C=O) groups is 2. The van der Waals surface area contributed by atoms with Gasteiger partial charge in [-0.3, -0.25) is 9.59 Å². The first-order valence-corrected chi connectivity index (χ1v) is 10.5. The molecule has 1 N–H and O–H groups in total. The Hall–Kier alpha value is -3.35. The molecule has 0 aliphatic carbocycles. The van der Waals surface area contributed by atoms with Crippen LogP contribution in [0.4, 0.5) is 0 Å². The number of aryl methyl sites for hydroxylation is 1. The summed E-state index contributed by atoms with van der Waals surface area (Å²) in [6.07, 6.45) is 1.41. The number of imidazole rings is 1. The Kier molecular flexibility index (Phi) is 5.93. The van der Waals surface area contributed by atoms with Crippen LogP contribution in [0.1, 0.15) is 29.0 Å². The SMILES string of the molecule is COc1ccc(C(=O)N2CC[C@@H](CC(=O)O)[C@@H](Cc3nc4ccccc4n3C)C2)cc1. The molecular weight excluding hydrogens is 394 g/mol. The molecule has 0 unspecified atom stereocenters. The first kappa shape index (κ1) is 20.9.